The topological polar surface area (TPSA) is 55.2 Å². The molecule has 0 atom stereocenters. The average molecular weight is 393 g/mol. The predicted octanol–water partition coefficient (Wildman–Crippen LogP) is 4.74. The third-order valence-corrected chi connectivity index (χ3v) is 3.50. The molecule has 2 rings (SSSR count). The molecule has 0 bridgehead atoms. The summed E-state index contributed by atoms with van der Waals surface area (Å²) in [7, 11) is 0. The lowest BCUT2D eigenvalue weighted by Gasteiger charge is -2.09. The molecule has 19 heavy (non-hydrogen) atoms. The highest BCUT2D eigenvalue weighted by Gasteiger charge is 2.20. The number of benzene rings is 2. The Labute approximate surface area is 126 Å². The Morgan fingerprint density at radius 3 is 2.63 bits per heavy atom. The van der Waals surface area contributed by atoms with Gasteiger partial charge in [0.15, 0.2) is 0 Å². The first-order valence-corrected chi connectivity index (χ1v) is 6.59. The van der Waals surface area contributed by atoms with E-state index in [0.717, 1.165) is 9.64 Å². The van der Waals surface area contributed by atoms with Crippen LogP contribution < -0.4 is 5.32 Å². The Balaban J connectivity index is 2.44. The van der Waals surface area contributed by atoms with Crippen molar-refractivity contribution in [1.29, 1.82) is 0 Å². The van der Waals surface area contributed by atoms with Gasteiger partial charge in [-0.05, 0) is 52.9 Å². The second-order valence-corrected chi connectivity index (χ2v) is 5.24. The fourth-order valence-corrected chi connectivity index (χ4v) is 2.54. The number of nitro groups is 1. The summed E-state index contributed by atoms with van der Waals surface area (Å²) in [5.41, 5.74) is 0.150. The smallest absolute Gasteiger partial charge is 0.327 e. The van der Waals surface area contributed by atoms with Gasteiger partial charge < -0.3 is 5.32 Å². The molecule has 2 aromatic rings. The zero-order valence-electron chi connectivity index (χ0n) is 9.36. The van der Waals surface area contributed by atoms with Gasteiger partial charge in [0.1, 0.15) is 5.69 Å². The van der Waals surface area contributed by atoms with E-state index in [0.29, 0.717) is 10.7 Å². The Kier molecular flexibility index (Phi) is 4.20. The van der Waals surface area contributed by atoms with Crippen molar-refractivity contribution in [1.82, 2.24) is 0 Å². The molecule has 0 heterocycles. The van der Waals surface area contributed by atoms with E-state index < -0.39 is 16.4 Å². The minimum absolute atomic E-state index is 0.102. The molecule has 0 fully saturated rings. The molecule has 0 aliphatic rings. The van der Waals surface area contributed by atoms with Gasteiger partial charge in [0, 0.05) is 8.59 Å². The maximum atomic E-state index is 13.5. The Bertz CT molecular complexity index is 652. The molecule has 0 saturated heterocycles. The maximum Gasteiger partial charge on any atom is 0.327 e. The van der Waals surface area contributed by atoms with Gasteiger partial charge in [-0.15, -0.1) is 0 Å². The molecule has 0 radical (unpaired) electrons. The summed E-state index contributed by atoms with van der Waals surface area (Å²) >= 11 is 7.87. The lowest BCUT2D eigenvalue weighted by molar-refractivity contribution is -0.386. The Morgan fingerprint density at radius 2 is 2.00 bits per heavy atom. The molecule has 7 heteroatoms. The van der Waals surface area contributed by atoms with Gasteiger partial charge in [-0.2, -0.15) is 4.39 Å². The van der Waals surface area contributed by atoms with Crippen LogP contribution in [0.1, 0.15) is 0 Å². The Hall–Kier alpha value is -1.41. The molecule has 0 amide bonds. The third kappa shape index (κ3) is 3.13. The van der Waals surface area contributed by atoms with Crippen molar-refractivity contribution in [3.63, 3.8) is 0 Å². The quantitative estimate of drug-likeness (QED) is 0.466. The fourth-order valence-electron chi connectivity index (χ4n) is 1.54. The zero-order valence-corrected chi connectivity index (χ0v) is 12.3. The number of halogens is 3. The van der Waals surface area contributed by atoms with Crippen LogP contribution >= 0.6 is 34.2 Å². The van der Waals surface area contributed by atoms with Gasteiger partial charge in [0.05, 0.1) is 10.6 Å². The van der Waals surface area contributed by atoms with Crippen LogP contribution in [0.5, 0.6) is 0 Å². The largest absolute Gasteiger partial charge is 0.349 e. The van der Waals surface area contributed by atoms with E-state index in [2.05, 4.69) is 5.32 Å². The van der Waals surface area contributed by atoms with Crippen molar-refractivity contribution in [2.24, 2.45) is 0 Å². The maximum absolute atomic E-state index is 13.5. The van der Waals surface area contributed by atoms with Crippen LogP contribution in [0.3, 0.4) is 0 Å². The van der Waals surface area contributed by atoms with E-state index >= 15 is 0 Å². The fraction of sp³-hybridized carbons (Fsp3) is 0. The minimum atomic E-state index is -0.876. The summed E-state index contributed by atoms with van der Waals surface area (Å²) in [6, 6.07) is 8.95. The highest BCUT2D eigenvalue weighted by molar-refractivity contribution is 14.1. The highest BCUT2D eigenvalue weighted by atomic mass is 127. The molecule has 98 valence electrons. The number of para-hydroxylation sites is 1. The summed E-state index contributed by atoms with van der Waals surface area (Å²) in [5, 5.41) is 14.3. The molecule has 1 N–H and O–H groups in total. The highest BCUT2D eigenvalue weighted by Crippen LogP contribution is 2.32. The van der Waals surface area contributed by atoms with E-state index in [1.807, 2.05) is 22.6 Å². The van der Waals surface area contributed by atoms with E-state index in [1.54, 1.807) is 18.2 Å². The van der Waals surface area contributed by atoms with Crippen molar-refractivity contribution < 1.29 is 9.31 Å². The number of hydrogen-bond donors (Lipinski definition) is 1. The lowest BCUT2D eigenvalue weighted by Crippen LogP contribution is -2.00. The van der Waals surface area contributed by atoms with Gasteiger partial charge in [0.2, 0.25) is 5.82 Å². The minimum Gasteiger partial charge on any atom is -0.349 e. The Morgan fingerprint density at radius 1 is 1.26 bits per heavy atom. The summed E-state index contributed by atoms with van der Waals surface area (Å²) in [6.07, 6.45) is 0. The van der Waals surface area contributed by atoms with Crippen LogP contribution in [0.25, 0.3) is 0 Å². The van der Waals surface area contributed by atoms with E-state index in [9.17, 15) is 14.5 Å². The molecule has 0 aliphatic heterocycles. The van der Waals surface area contributed by atoms with Crippen LogP contribution in [0, 0.1) is 19.5 Å². The van der Waals surface area contributed by atoms with Crippen molar-refractivity contribution in [3.05, 3.63) is 60.9 Å². The van der Waals surface area contributed by atoms with Crippen molar-refractivity contribution in [2.75, 3.05) is 5.32 Å². The molecule has 0 aromatic heterocycles. The van der Waals surface area contributed by atoms with Crippen molar-refractivity contribution >= 4 is 51.3 Å². The van der Waals surface area contributed by atoms with Crippen LogP contribution in [-0.4, -0.2) is 4.92 Å². The zero-order chi connectivity index (χ0) is 14.0. The second kappa shape index (κ2) is 5.70. The lowest BCUT2D eigenvalue weighted by atomic mass is 10.2. The van der Waals surface area contributed by atoms with Crippen molar-refractivity contribution in [2.45, 2.75) is 0 Å². The number of nitrogens with zero attached hydrogens (tertiary/aromatic N) is 1. The summed E-state index contributed by atoms with van der Waals surface area (Å²) in [5.74, 6) is -0.876. The first-order chi connectivity index (χ1) is 8.99. The van der Waals surface area contributed by atoms with Gasteiger partial charge >= 0.3 is 5.69 Å². The summed E-state index contributed by atoms with van der Waals surface area (Å²) < 4.78 is 14.2. The molecular formula is C12H7ClFIN2O2. The molecule has 0 saturated carbocycles. The van der Waals surface area contributed by atoms with Crippen LogP contribution in [-0.2, 0) is 0 Å². The van der Waals surface area contributed by atoms with Crippen LogP contribution in [0.2, 0.25) is 5.02 Å². The normalized spacial score (nSPS) is 10.3. The number of nitrogens with one attached hydrogen (secondary N) is 1. The molecule has 0 spiro atoms. The molecular weight excluding hydrogens is 385 g/mol. The first-order valence-electron chi connectivity index (χ1n) is 5.14. The summed E-state index contributed by atoms with van der Waals surface area (Å²) in [6.45, 7) is 0. The van der Waals surface area contributed by atoms with E-state index in [-0.39, 0.29) is 5.69 Å². The van der Waals surface area contributed by atoms with Gasteiger partial charge in [0.25, 0.3) is 0 Å². The van der Waals surface area contributed by atoms with Gasteiger partial charge in [-0.3, -0.25) is 10.1 Å². The number of anilines is 2. The molecule has 0 aliphatic carbocycles. The van der Waals surface area contributed by atoms with Crippen molar-refractivity contribution in [3.8, 4) is 0 Å². The second-order valence-electron chi connectivity index (χ2n) is 3.64. The van der Waals surface area contributed by atoms with Crippen LogP contribution in [0.4, 0.5) is 21.5 Å². The van der Waals surface area contributed by atoms with Crippen LogP contribution in [0.15, 0.2) is 36.4 Å². The SMILES string of the molecule is O=[N+]([O-])c1c(F)cccc1Nc1ccc(Cl)cc1I. The molecule has 0 unspecified atom stereocenters. The first kappa shape index (κ1) is 14.0. The number of hydrogen-bond acceptors (Lipinski definition) is 3. The van der Waals surface area contributed by atoms with Gasteiger partial charge in [-0.1, -0.05) is 17.7 Å². The summed E-state index contributed by atoms with van der Waals surface area (Å²) in [4.78, 5) is 10.1. The van der Waals surface area contributed by atoms with E-state index in [1.165, 1.54) is 12.1 Å². The average Bonchev–Trinajstić information content (AvgIpc) is 2.32. The van der Waals surface area contributed by atoms with E-state index in [4.69, 9.17) is 11.6 Å². The number of rotatable bonds is 3. The van der Waals surface area contributed by atoms with Gasteiger partial charge in [-0.25, -0.2) is 0 Å². The molecule has 4 nitrogen and oxygen atoms in total. The standard InChI is InChI=1S/C12H7ClFIN2O2/c13-7-4-5-10(9(15)6-7)16-11-3-1-2-8(14)12(11)17(18)19/h1-6,16H. The molecule has 2 aromatic carbocycles. The third-order valence-electron chi connectivity index (χ3n) is 2.37. The monoisotopic (exact) mass is 392 g/mol. The number of nitro benzene ring substituents is 1. The predicted molar refractivity (Wildman–Crippen MR) is 80.5 cm³/mol.